The van der Waals surface area contributed by atoms with Gasteiger partial charge in [-0.15, -0.1) is 26.3 Å². The third-order valence-corrected chi connectivity index (χ3v) is 2.95. The van der Waals surface area contributed by atoms with E-state index in [1.54, 1.807) is 12.2 Å². The maximum Gasteiger partial charge on any atom is 0.229 e. The molecule has 0 amide bonds. The largest absolute Gasteiger partial charge is 0.310 e. The summed E-state index contributed by atoms with van der Waals surface area (Å²) in [4.78, 5) is 0. The maximum absolute atomic E-state index is 10.9. The summed E-state index contributed by atoms with van der Waals surface area (Å²) < 4.78 is 42.0. The number of sulfonamides is 1. The van der Waals surface area contributed by atoms with E-state index in [4.69, 9.17) is 0 Å². The average molecular weight is 403 g/mol. The number of halogens is 1. The molecule has 0 aromatic carbocycles. The summed E-state index contributed by atoms with van der Waals surface area (Å²) in [6, 6.07) is 0. The highest BCUT2D eigenvalue weighted by molar-refractivity contribution is 8.13. The highest BCUT2D eigenvalue weighted by Gasteiger charge is 2.11. The second kappa shape index (κ2) is 18.4. The minimum absolute atomic E-state index is 0. The van der Waals surface area contributed by atoms with Crippen molar-refractivity contribution < 1.29 is 16.8 Å². The van der Waals surface area contributed by atoms with Crippen LogP contribution >= 0.6 is 10.7 Å². The van der Waals surface area contributed by atoms with Crippen LogP contribution in [-0.4, -0.2) is 59.8 Å². The number of hydrogen-bond acceptors (Lipinski definition) is 5. The van der Waals surface area contributed by atoms with E-state index in [1.165, 1.54) is 10.6 Å². The Kier molecular flexibility index (Phi) is 23.7. The van der Waals surface area contributed by atoms with Crippen LogP contribution < -0.4 is 5.32 Å². The summed E-state index contributed by atoms with van der Waals surface area (Å²) in [7, 11) is -1.79. The fourth-order valence-electron chi connectivity index (χ4n) is 0.921. The zero-order chi connectivity index (χ0) is 18.9. The fraction of sp³-hybridized carbons (Fsp3) is 0.467. The Labute approximate surface area is 153 Å². The molecular weight excluding hydrogens is 372 g/mol. The summed E-state index contributed by atoms with van der Waals surface area (Å²) in [6.07, 6.45) is 8.83. The van der Waals surface area contributed by atoms with Gasteiger partial charge in [0.05, 0.1) is 12.5 Å². The maximum atomic E-state index is 10.9. The van der Waals surface area contributed by atoms with Crippen LogP contribution in [0.25, 0.3) is 0 Å². The van der Waals surface area contributed by atoms with Gasteiger partial charge in [-0.2, -0.15) is 4.31 Å². The summed E-state index contributed by atoms with van der Waals surface area (Å²) in [6.45, 7) is 16.4. The fourth-order valence-corrected chi connectivity index (χ4v) is 1.67. The van der Waals surface area contributed by atoms with Gasteiger partial charge in [-0.3, -0.25) is 0 Å². The van der Waals surface area contributed by atoms with E-state index in [-0.39, 0.29) is 7.43 Å². The molecule has 0 rings (SSSR count). The van der Waals surface area contributed by atoms with Crippen LogP contribution in [0.2, 0.25) is 0 Å². The molecule has 0 fully saturated rings. The van der Waals surface area contributed by atoms with Gasteiger partial charge >= 0.3 is 0 Å². The Bertz CT molecular complexity index is 518. The third kappa shape index (κ3) is 37.4. The van der Waals surface area contributed by atoms with Crippen molar-refractivity contribution in [1.29, 1.82) is 0 Å². The number of hydrogen-bond donors (Lipinski definition) is 1. The molecule has 0 radical (unpaired) electrons. The SMILES string of the molecule is C.C=CCN(CC=C)S(C)(=O)=O.C=CCNCC=C.CS(=O)(=O)Cl. The lowest BCUT2D eigenvalue weighted by Crippen LogP contribution is -2.30. The molecule has 0 aromatic heterocycles. The molecular formula is C15H31ClN2O4S2. The van der Waals surface area contributed by atoms with Crippen molar-refractivity contribution in [2.75, 3.05) is 38.7 Å². The second-order valence-electron chi connectivity index (χ2n) is 4.07. The van der Waals surface area contributed by atoms with Crippen LogP contribution in [0.1, 0.15) is 7.43 Å². The minimum atomic E-state index is -3.19. The molecule has 0 aliphatic carbocycles. The Hall–Kier alpha value is -0.930. The molecule has 6 nitrogen and oxygen atoms in total. The van der Waals surface area contributed by atoms with E-state index in [2.05, 4.69) is 42.3 Å². The summed E-state index contributed by atoms with van der Waals surface area (Å²) in [5.41, 5.74) is 0. The monoisotopic (exact) mass is 402 g/mol. The Morgan fingerprint density at radius 2 is 1.17 bits per heavy atom. The van der Waals surface area contributed by atoms with Crippen LogP contribution in [-0.2, 0) is 19.1 Å². The van der Waals surface area contributed by atoms with Gasteiger partial charge in [0.25, 0.3) is 0 Å². The zero-order valence-corrected chi connectivity index (χ0v) is 16.1. The van der Waals surface area contributed by atoms with Crippen molar-refractivity contribution in [2.45, 2.75) is 7.43 Å². The zero-order valence-electron chi connectivity index (χ0n) is 13.7. The molecule has 0 heterocycles. The first-order chi connectivity index (χ1) is 10.4. The van der Waals surface area contributed by atoms with Crippen LogP contribution in [0, 0.1) is 0 Å². The normalized spacial score (nSPS) is 10.0. The van der Waals surface area contributed by atoms with E-state index in [0.29, 0.717) is 13.1 Å². The van der Waals surface area contributed by atoms with Crippen LogP contribution in [0.5, 0.6) is 0 Å². The summed E-state index contributed by atoms with van der Waals surface area (Å²) >= 11 is 0. The molecule has 0 unspecified atom stereocenters. The molecule has 0 aliphatic rings. The van der Waals surface area contributed by atoms with Crippen molar-refractivity contribution >= 4 is 29.8 Å². The van der Waals surface area contributed by atoms with Crippen molar-refractivity contribution in [3.8, 4) is 0 Å². The highest BCUT2D eigenvalue weighted by Crippen LogP contribution is 1.96. The minimum Gasteiger partial charge on any atom is -0.310 e. The molecule has 0 aromatic rings. The number of nitrogens with zero attached hydrogens (tertiary/aromatic N) is 1. The van der Waals surface area contributed by atoms with E-state index >= 15 is 0 Å². The van der Waals surface area contributed by atoms with E-state index in [1.807, 2.05) is 12.2 Å². The molecule has 0 bridgehead atoms. The molecule has 0 saturated heterocycles. The molecule has 144 valence electrons. The molecule has 9 heteroatoms. The quantitative estimate of drug-likeness (QED) is 0.363. The number of rotatable bonds is 9. The van der Waals surface area contributed by atoms with E-state index in [9.17, 15) is 16.8 Å². The van der Waals surface area contributed by atoms with Crippen molar-refractivity contribution in [3.05, 3.63) is 50.6 Å². The first-order valence-electron chi connectivity index (χ1n) is 6.43. The van der Waals surface area contributed by atoms with E-state index in [0.717, 1.165) is 19.3 Å². The van der Waals surface area contributed by atoms with Crippen LogP contribution in [0.4, 0.5) is 0 Å². The van der Waals surface area contributed by atoms with Crippen molar-refractivity contribution in [3.63, 3.8) is 0 Å². The topological polar surface area (TPSA) is 83.6 Å². The highest BCUT2D eigenvalue weighted by atomic mass is 35.7. The van der Waals surface area contributed by atoms with E-state index < -0.39 is 19.1 Å². The first-order valence-corrected chi connectivity index (χ1v) is 11.0. The van der Waals surface area contributed by atoms with Gasteiger partial charge in [0.15, 0.2) is 0 Å². The molecule has 0 atom stereocenters. The summed E-state index contributed by atoms with van der Waals surface area (Å²) in [5.74, 6) is 0. The van der Waals surface area contributed by atoms with Gasteiger partial charge in [0, 0.05) is 36.9 Å². The van der Waals surface area contributed by atoms with Gasteiger partial charge in [0.1, 0.15) is 0 Å². The predicted molar refractivity (Wildman–Crippen MR) is 108 cm³/mol. The molecule has 24 heavy (non-hydrogen) atoms. The van der Waals surface area contributed by atoms with Gasteiger partial charge < -0.3 is 5.32 Å². The van der Waals surface area contributed by atoms with Gasteiger partial charge in [-0.25, -0.2) is 16.8 Å². The standard InChI is InChI=1S/C7H13NO2S.C6H11N.CH3ClO2S.CH4/c1-4-6-8(7-5-2)11(3,9)10;1-3-5-7-6-4-2;1-5(2,3)4;/h4-5H,1-2,6-7H2,3H3;3-4,7H,1-2,5-6H2;1H3;1H4. The van der Waals surface area contributed by atoms with Gasteiger partial charge in [-0.05, 0) is 0 Å². The van der Waals surface area contributed by atoms with Gasteiger partial charge in [0.2, 0.25) is 19.1 Å². The first kappa shape index (κ1) is 30.9. The van der Waals surface area contributed by atoms with Crippen LogP contribution in [0.15, 0.2) is 50.6 Å². The van der Waals surface area contributed by atoms with Gasteiger partial charge in [-0.1, -0.05) is 31.7 Å². The second-order valence-corrected chi connectivity index (χ2v) is 9.10. The average Bonchev–Trinajstić information content (AvgIpc) is 2.37. The lowest BCUT2D eigenvalue weighted by Gasteiger charge is -2.14. The molecule has 0 saturated carbocycles. The molecule has 1 N–H and O–H groups in total. The lowest BCUT2D eigenvalue weighted by molar-refractivity contribution is 0.480. The molecule has 0 spiro atoms. The molecule has 0 aliphatic heterocycles. The predicted octanol–water partition coefficient (Wildman–Crippen LogP) is 2.39. The van der Waals surface area contributed by atoms with Crippen molar-refractivity contribution in [1.82, 2.24) is 9.62 Å². The Balaban J connectivity index is -0.000000133. The smallest absolute Gasteiger partial charge is 0.229 e. The third-order valence-electron chi connectivity index (χ3n) is 1.71. The number of nitrogens with one attached hydrogen (secondary N) is 1. The van der Waals surface area contributed by atoms with Crippen LogP contribution in [0.3, 0.4) is 0 Å². The summed E-state index contributed by atoms with van der Waals surface area (Å²) in [5, 5.41) is 3.05. The lowest BCUT2D eigenvalue weighted by atomic mass is 10.5. The Morgan fingerprint density at radius 3 is 1.33 bits per heavy atom. The van der Waals surface area contributed by atoms with Crippen molar-refractivity contribution in [2.24, 2.45) is 0 Å². The Morgan fingerprint density at radius 1 is 0.875 bits per heavy atom.